The first kappa shape index (κ1) is 12.2. The van der Waals surface area contributed by atoms with Crippen molar-refractivity contribution < 1.29 is 15.3 Å². The van der Waals surface area contributed by atoms with Gasteiger partial charge in [0.05, 0.1) is 0 Å². The average molecular weight is 242 g/mol. The molecule has 0 aliphatic rings. The van der Waals surface area contributed by atoms with Crippen LogP contribution in [0.2, 0.25) is 0 Å². The van der Waals surface area contributed by atoms with Crippen molar-refractivity contribution in [3.05, 3.63) is 65.7 Å². The predicted octanol–water partition coefficient (Wildman–Crippen LogP) is 2.84. The summed E-state index contributed by atoms with van der Waals surface area (Å²) in [7, 11) is 0. The molecule has 2 aromatic rings. The van der Waals surface area contributed by atoms with Gasteiger partial charge in [-0.15, -0.1) is 0 Å². The lowest BCUT2D eigenvalue weighted by molar-refractivity contribution is 0.223. The van der Waals surface area contributed by atoms with Crippen LogP contribution < -0.4 is 0 Å². The van der Waals surface area contributed by atoms with Crippen LogP contribution in [0.1, 0.15) is 17.2 Å². The Hall–Kier alpha value is -2.26. The SMILES string of the molecule is Oc1cccc(C(O)C=Cc2ccccc2)c1O. The van der Waals surface area contributed by atoms with Gasteiger partial charge in [-0.3, -0.25) is 0 Å². The zero-order valence-electron chi connectivity index (χ0n) is 9.69. The maximum atomic E-state index is 9.93. The summed E-state index contributed by atoms with van der Waals surface area (Å²) in [4.78, 5) is 0. The van der Waals surface area contributed by atoms with E-state index >= 15 is 0 Å². The van der Waals surface area contributed by atoms with E-state index in [1.165, 1.54) is 6.07 Å². The minimum Gasteiger partial charge on any atom is -0.504 e. The number of hydrogen-bond acceptors (Lipinski definition) is 3. The van der Waals surface area contributed by atoms with E-state index in [0.717, 1.165) is 5.56 Å². The summed E-state index contributed by atoms with van der Waals surface area (Å²) in [6.07, 6.45) is 2.36. The van der Waals surface area contributed by atoms with Crippen molar-refractivity contribution in [2.45, 2.75) is 6.10 Å². The van der Waals surface area contributed by atoms with Crippen molar-refractivity contribution in [2.75, 3.05) is 0 Å². The van der Waals surface area contributed by atoms with E-state index in [0.29, 0.717) is 0 Å². The monoisotopic (exact) mass is 242 g/mol. The molecule has 0 aromatic heterocycles. The third-order valence-electron chi connectivity index (χ3n) is 2.64. The lowest BCUT2D eigenvalue weighted by atomic mass is 10.1. The van der Waals surface area contributed by atoms with Crippen LogP contribution in [-0.4, -0.2) is 15.3 Å². The van der Waals surface area contributed by atoms with Gasteiger partial charge in [0.25, 0.3) is 0 Å². The number of aliphatic hydroxyl groups excluding tert-OH is 1. The van der Waals surface area contributed by atoms with Crippen molar-refractivity contribution in [1.29, 1.82) is 0 Å². The summed E-state index contributed by atoms with van der Waals surface area (Å²) < 4.78 is 0. The summed E-state index contributed by atoms with van der Waals surface area (Å²) in [5, 5.41) is 28.9. The van der Waals surface area contributed by atoms with Gasteiger partial charge in [-0.05, 0) is 11.6 Å². The van der Waals surface area contributed by atoms with Gasteiger partial charge in [-0.2, -0.15) is 0 Å². The molecule has 18 heavy (non-hydrogen) atoms. The molecule has 0 saturated carbocycles. The molecule has 3 N–H and O–H groups in total. The Balaban J connectivity index is 2.20. The van der Waals surface area contributed by atoms with Crippen LogP contribution in [0.25, 0.3) is 6.08 Å². The van der Waals surface area contributed by atoms with E-state index in [9.17, 15) is 15.3 Å². The van der Waals surface area contributed by atoms with Crippen LogP contribution >= 0.6 is 0 Å². The Kier molecular flexibility index (Phi) is 3.65. The fourth-order valence-corrected chi connectivity index (χ4v) is 1.66. The van der Waals surface area contributed by atoms with Gasteiger partial charge in [0.1, 0.15) is 6.10 Å². The fraction of sp³-hybridized carbons (Fsp3) is 0.0667. The normalized spacial score (nSPS) is 12.7. The molecule has 0 spiro atoms. The molecule has 1 unspecified atom stereocenters. The largest absolute Gasteiger partial charge is 0.504 e. The van der Waals surface area contributed by atoms with Gasteiger partial charge in [-0.1, -0.05) is 54.6 Å². The molecule has 0 fully saturated rings. The summed E-state index contributed by atoms with van der Waals surface area (Å²) in [5.74, 6) is -0.526. The summed E-state index contributed by atoms with van der Waals surface area (Å²) in [5.41, 5.74) is 1.23. The molecule has 0 aliphatic carbocycles. The van der Waals surface area contributed by atoms with E-state index < -0.39 is 6.10 Å². The fourth-order valence-electron chi connectivity index (χ4n) is 1.66. The second-order valence-electron chi connectivity index (χ2n) is 3.93. The standard InChI is InChI=1S/C15H14O3/c16-13(10-9-11-5-2-1-3-6-11)12-7-4-8-14(17)15(12)18/h1-10,13,16-18H. The molecule has 0 saturated heterocycles. The Labute approximate surface area is 105 Å². The zero-order chi connectivity index (χ0) is 13.0. The van der Waals surface area contributed by atoms with E-state index in [2.05, 4.69) is 0 Å². The third kappa shape index (κ3) is 2.70. The van der Waals surface area contributed by atoms with Gasteiger partial charge in [0.2, 0.25) is 0 Å². The van der Waals surface area contributed by atoms with Gasteiger partial charge >= 0.3 is 0 Å². The average Bonchev–Trinajstić information content (AvgIpc) is 2.40. The lowest BCUT2D eigenvalue weighted by Gasteiger charge is -2.09. The van der Waals surface area contributed by atoms with E-state index in [-0.39, 0.29) is 17.1 Å². The number of benzene rings is 2. The van der Waals surface area contributed by atoms with Gasteiger partial charge in [0.15, 0.2) is 11.5 Å². The molecule has 0 bridgehead atoms. The lowest BCUT2D eigenvalue weighted by Crippen LogP contribution is -1.93. The van der Waals surface area contributed by atoms with Crippen LogP contribution in [-0.2, 0) is 0 Å². The Bertz CT molecular complexity index is 547. The molecule has 0 amide bonds. The maximum Gasteiger partial charge on any atom is 0.163 e. The number of rotatable bonds is 3. The Morgan fingerprint density at radius 1 is 0.889 bits per heavy atom. The minimum atomic E-state index is -0.961. The highest BCUT2D eigenvalue weighted by Crippen LogP contribution is 2.33. The summed E-state index contributed by atoms with van der Waals surface area (Å²) in [6.45, 7) is 0. The Morgan fingerprint density at radius 3 is 2.33 bits per heavy atom. The molecule has 0 radical (unpaired) electrons. The van der Waals surface area contributed by atoms with E-state index in [1.807, 2.05) is 30.3 Å². The second kappa shape index (κ2) is 5.38. The molecule has 3 heteroatoms. The summed E-state index contributed by atoms with van der Waals surface area (Å²) in [6, 6.07) is 14.0. The van der Waals surface area contributed by atoms with Crippen LogP contribution in [0.15, 0.2) is 54.6 Å². The Morgan fingerprint density at radius 2 is 1.61 bits per heavy atom. The quantitative estimate of drug-likeness (QED) is 0.725. The summed E-state index contributed by atoms with van der Waals surface area (Å²) >= 11 is 0. The molecular formula is C15H14O3. The highest BCUT2D eigenvalue weighted by molar-refractivity contribution is 5.52. The smallest absolute Gasteiger partial charge is 0.163 e. The number of phenols is 2. The number of phenolic OH excluding ortho intramolecular Hbond substituents is 2. The molecule has 3 nitrogen and oxygen atoms in total. The number of hydrogen-bond donors (Lipinski definition) is 3. The molecule has 1 atom stereocenters. The molecule has 92 valence electrons. The van der Waals surface area contributed by atoms with Crippen LogP contribution in [0, 0.1) is 0 Å². The molecular weight excluding hydrogens is 228 g/mol. The van der Waals surface area contributed by atoms with Crippen LogP contribution in [0.5, 0.6) is 11.5 Å². The first-order chi connectivity index (χ1) is 8.68. The first-order valence-electron chi connectivity index (χ1n) is 5.60. The van der Waals surface area contributed by atoms with E-state index in [1.54, 1.807) is 24.3 Å². The minimum absolute atomic E-state index is 0.236. The zero-order valence-corrected chi connectivity index (χ0v) is 9.69. The first-order valence-corrected chi connectivity index (χ1v) is 5.60. The van der Waals surface area contributed by atoms with Gasteiger partial charge in [-0.25, -0.2) is 0 Å². The van der Waals surface area contributed by atoms with Gasteiger partial charge in [0, 0.05) is 5.56 Å². The highest BCUT2D eigenvalue weighted by atomic mass is 16.3. The van der Waals surface area contributed by atoms with E-state index in [4.69, 9.17) is 0 Å². The van der Waals surface area contributed by atoms with Gasteiger partial charge < -0.3 is 15.3 Å². The third-order valence-corrected chi connectivity index (χ3v) is 2.64. The van der Waals surface area contributed by atoms with Crippen molar-refractivity contribution in [2.24, 2.45) is 0 Å². The van der Waals surface area contributed by atoms with Crippen molar-refractivity contribution in [3.8, 4) is 11.5 Å². The number of aliphatic hydroxyl groups is 1. The topological polar surface area (TPSA) is 60.7 Å². The van der Waals surface area contributed by atoms with Crippen LogP contribution in [0.3, 0.4) is 0 Å². The molecule has 0 aliphatic heterocycles. The number of para-hydroxylation sites is 1. The maximum absolute atomic E-state index is 9.93. The number of aromatic hydroxyl groups is 2. The second-order valence-corrected chi connectivity index (χ2v) is 3.93. The molecule has 0 heterocycles. The van der Waals surface area contributed by atoms with Crippen molar-refractivity contribution >= 4 is 6.08 Å². The van der Waals surface area contributed by atoms with Crippen LogP contribution in [0.4, 0.5) is 0 Å². The van der Waals surface area contributed by atoms with Crippen molar-refractivity contribution in [3.63, 3.8) is 0 Å². The van der Waals surface area contributed by atoms with Crippen molar-refractivity contribution in [1.82, 2.24) is 0 Å². The highest BCUT2D eigenvalue weighted by Gasteiger charge is 2.11. The molecule has 2 rings (SSSR count). The molecule has 2 aromatic carbocycles. The predicted molar refractivity (Wildman–Crippen MR) is 70.2 cm³/mol.